The number of nitrogens with zero attached hydrogens (tertiary/aromatic N) is 2. The van der Waals surface area contributed by atoms with Crippen LogP contribution < -0.4 is 16.8 Å². The molecule has 0 aliphatic heterocycles. The summed E-state index contributed by atoms with van der Waals surface area (Å²) in [5.41, 5.74) is -0.460. The van der Waals surface area contributed by atoms with E-state index in [0.717, 1.165) is 15.5 Å². The fourth-order valence-electron chi connectivity index (χ4n) is 2.18. The topological polar surface area (TPSA) is 76.9 Å². The lowest BCUT2D eigenvalue weighted by Gasteiger charge is -2.09. The minimum absolute atomic E-state index is 0.201. The molecule has 0 unspecified atom stereocenters. The Hall–Kier alpha value is -2.89. The van der Waals surface area contributed by atoms with Gasteiger partial charge in [-0.2, -0.15) is 0 Å². The molecule has 0 aliphatic rings. The number of hydrogen-bond acceptors (Lipinski definition) is 3. The van der Waals surface area contributed by atoms with E-state index < -0.39 is 11.2 Å². The molecule has 0 bridgehead atoms. The van der Waals surface area contributed by atoms with Gasteiger partial charge in [0.1, 0.15) is 5.69 Å². The van der Waals surface area contributed by atoms with Crippen molar-refractivity contribution in [1.29, 1.82) is 0 Å². The maximum Gasteiger partial charge on any atom is 0.333 e. The highest BCUT2D eigenvalue weighted by molar-refractivity contribution is 5.80. The molecule has 0 fully saturated rings. The zero-order valence-corrected chi connectivity index (χ0v) is 10.7. The van der Waals surface area contributed by atoms with Gasteiger partial charge in [-0.3, -0.25) is 19.1 Å². The van der Waals surface area contributed by atoms with E-state index in [1.165, 1.54) is 16.8 Å². The first-order valence-corrected chi connectivity index (χ1v) is 5.99. The summed E-state index contributed by atoms with van der Waals surface area (Å²) >= 11 is 0. The third-order valence-electron chi connectivity index (χ3n) is 3.20. The van der Waals surface area contributed by atoms with Gasteiger partial charge in [0.15, 0.2) is 0 Å². The van der Waals surface area contributed by atoms with Crippen molar-refractivity contribution in [2.24, 2.45) is 7.05 Å². The molecule has 1 N–H and O–H groups in total. The van der Waals surface area contributed by atoms with Crippen LogP contribution in [0.3, 0.4) is 0 Å². The number of pyridine rings is 1. The fourth-order valence-corrected chi connectivity index (χ4v) is 2.18. The molecular weight excluding hydrogens is 258 g/mol. The van der Waals surface area contributed by atoms with Crippen LogP contribution in [0.4, 0.5) is 0 Å². The summed E-state index contributed by atoms with van der Waals surface area (Å²) in [6.45, 7) is 0. The van der Waals surface area contributed by atoms with Gasteiger partial charge in [0, 0.05) is 24.7 Å². The van der Waals surface area contributed by atoms with Gasteiger partial charge in [0.05, 0.1) is 5.52 Å². The van der Waals surface area contributed by atoms with Crippen LogP contribution >= 0.6 is 0 Å². The summed E-state index contributed by atoms with van der Waals surface area (Å²) in [5.74, 6) is 0. The molecule has 0 amide bonds. The molecule has 0 spiro atoms. The molecule has 6 heteroatoms. The molecule has 0 atom stereocenters. The maximum absolute atomic E-state index is 12.3. The summed E-state index contributed by atoms with van der Waals surface area (Å²) in [4.78, 5) is 37.4. The van der Waals surface area contributed by atoms with Crippen LogP contribution in [-0.4, -0.2) is 14.1 Å². The van der Waals surface area contributed by atoms with Gasteiger partial charge < -0.3 is 4.57 Å². The van der Waals surface area contributed by atoms with E-state index in [9.17, 15) is 14.4 Å². The number of nitrogens with one attached hydrogen (secondary N) is 1. The second kappa shape index (κ2) is 4.34. The molecule has 2 heterocycles. The van der Waals surface area contributed by atoms with Crippen molar-refractivity contribution in [2.45, 2.75) is 0 Å². The average molecular weight is 269 g/mol. The van der Waals surface area contributed by atoms with Crippen LogP contribution in [0.5, 0.6) is 0 Å². The monoisotopic (exact) mass is 269 g/mol. The molecular formula is C14H11N3O3. The molecule has 0 aliphatic carbocycles. The van der Waals surface area contributed by atoms with E-state index in [2.05, 4.69) is 4.98 Å². The van der Waals surface area contributed by atoms with Crippen molar-refractivity contribution in [3.05, 3.63) is 73.8 Å². The predicted molar refractivity (Wildman–Crippen MR) is 75.4 cm³/mol. The van der Waals surface area contributed by atoms with Gasteiger partial charge in [-0.1, -0.05) is 18.2 Å². The molecule has 0 radical (unpaired) electrons. The van der Waals surface area contributed by atoms with E-state index >= 15 is 0 Å². The Morgan fingerprint density at radius 2 is 1.80 bits per heavy atom. The zero-order valence-electron chi connectivity index (χ0n) is 10.7. The smallest absolute Gasteiger partial charge is 0.310 e. The lowest BCUT2D eigenvalue weighted by molar-refractivity contribution is 0.838. The summed E-state index contributed by atoms with van der Waals surface area (Å²) < 4.78 is 2.61. The van der Waals surface area contributed by atoms with E-state index in [4.69, 9.17) is 0 Å². The van der Waals surface area contributed by atoms with Gasteiger partial charge in [-0.15, -0.1) is 0 Å². The maximum atomic E-state index is 12.3. The second-order valence-electron chi connectivity index (χ2n) is 4.43. The van der Waals surface area contributed by atoms with Crippen molar-refractivity contribution in [3.8, 4) is 5.69 Å². The molecule has 100 valence electrons. The van der Waals surface area contributed by atoms with Gasteiger partial charge in [-0.05, 0) is 12.1 Å². The minimum Gasteiger partial charge on any atom is -0.310 e. The SMILES string of the molecule is Cn1c(=O)c(-n2ccc(=O)[nH]c2=O)cc2ccccc21. The highest BCUT2D eigenvalue weighted by Gasteiger charge is 2.09. The standard InChI is InChI=1S/C14H11N3O3/c1-16-10-5-3-2-4-9(10)8-11(13(16)19)17-7-6-12(18)15-14(17)20/h2-8H,1H3,(H,15,18,20). The van der Waals surface area contributed by atoms with Crippen molar-refractivity contribution < 1.29 is 0 Å². The highest BCUT2D eigenvalue weighted by atomic mass is 16.2. The molecule has 3 aromatic rings. The number of H-pyrrole nitrogens is 1. The van der Waals surface area contributed by atoms with E-state index in [1.807, 2.05) is 24.3 Å². The third kappa shape index (κ3) is 1.78. The molecule has 20 heavy (non-hydrogen) atoms. The van der Waals surface area contributed by atoms with Gasteiger partial charge in [0.2, 0.25) is 0 Å². The van der Waals surface area contributed by atoms with E-state index in [-0.39, 0.29) is 11.2 Å². The van der Waals surface area contributed by atoms with Crippen LogP contribution in [0.1, 0.15) is 0 Å². The number of benzene rings is 1. The Morgan fingerprint density at radius 3 is 2.55 bits per heavy atom. The minimum atomic E-state index is -0.634. The Bertz CT molecular complexity index is 979. The Morgan fingerprint density at radius 1 is 1.05 bits per heavy atom. The quantitative estimate of drug-likeness (QED) is 0.693. The summed E-state index contributed by atoms with van der Waals surface area (Å²) in [6, 6.07) is 10.2. The third-order valence-corrected chi connectivity index (χ3v) is 3.20. The van der Waals surface area contributed by atoms with Crippen LogP contribution in [0.25, 0.3) is 16.6 Å². The Kier molecular flexibility index (Phi) is 2.64. The first-order chi connectivity index (χ1) is 9.58. The molecule has 1 aromatic carbocycles. The zero-order chi connectivity index (χ0) is 14.3. The second-order valence-corrected chi connectivity index (χ2v) is 4.43. The van der Waals surface area contributed by atoms with Crippen molar-refractivity contribution >= 4 is 10.9 Å². The number of aryl methyl sites for hydroxylation is 1. The molecule has 3 rings (SSSR count). The number of rotatable bonds is 1. The number of aromatic amines is 1. The van der Waals surface area contributed by atoms with Crippen LogP contribution in [0.15, 0.2) is 57.0 Å². The predicted octanol–water partition coefficient (Wildman–Crippen LogP) is 0.378. The van der Waals surface area contributed by atoms with Crippen LogP contribution in [0.2, 0.25) is 0 Å². The number of aromatic nitrogens is 3. The first kappa shape index (κ1) is 12.2. The lowest BCUT2D eigenvalue weighted by Crippen LogP contribution is -2.32. The summed E-state index contributed by atoms with van der Waals surface area (Å²) in [7, 11) is 1.64. The van der Waals surface area contributed by atoms with Gasteiger partial charge >= 0.3 is 5.69 Å². The molecule has 0 saturated carbocycles. The van der Waals surface area contributed by atoms with Crippen LogP contribution in [-0.2, 0) is 7.05 Å². The normalized spacial score (nSPS) is 10.8. The largest absolute Gasteiger partial charge is 0.333 e. The Balaban J connectivity index is 2.43. The highest BCUT2D eigenvalue weighted by Crippen LogP contribution is 2.13. The lowest BCUT2D eigenvalue weighted by atomic mass is 10.2. The van der Waals surface area contributed by atoms with Crippen molar-refractivity contribution in [2.75, 3.05) is 0 Å². The van der Waals surface area contributed by atoms with Crippen molar-refractivity contribution in [1.82, 2.24) is 14.1 Å². The molecule has 2 aromatic heterocycles. The van der Waals surface area contributed by atoms with Gasteiger partial charge in [-0.25, -0.2) is 4.79 Å². The Labute approximate surface area is 112 Å². The van der Waals surface area contributed by atoms with Gasteiger partial charge in [0.25, 0.3) is 11.1 Å². The first-order valence-electron chi connectivity index (χ1n) is 5.99. The van der Waals surface area contributed by atoms with Crippen molar-refractivity contribution in [3.63, 3.8) is 0 Å². The summed E-state index contributed by atoms with van der Waals surface area (Å²) in [6.07, 6.45) is 1.30. The number of fused-ring (bicyclic) bond motifs is 1. The van der Waals surface area contributed by atoms with E-state index in [1.54, 1.807) is 13.1 Å². The van der Waals surface area contributed by atoms with Crippen LogP contribution in [0, 0.1) is 0 Å². The fraction of sp³-hybridized carbons (Fsp3) is 0.0714. The van der Waals surface area contributed by atoms with E-state index in [0.29, 0.717) is 0 Å². The molecule has 0 saturated heterocycles. The number of para-hydroxylation sites is 1. The number of hydrogen-bond donors (Lipinski definition) is 1. The average Bonchev–Trinajstić information content (AvgIpc) is 2.43. The molecule has 6 nitrogen and oxygen atoms in total. The summed E-state index contributed by atoms with van der Waals surface area (Å²) in [5, 5.41) is 0.836.